The molecule has 1 N–H and O–H groups in total. The fraction of sp³-hybridized carbons (Fsp3) is 0.783. The van der Waals surface area contributed by atoms with Gasteiger partial charge in [-0.25, -0.2) is 13.4 Å². The zero-order valence-corrected chi connectivity index (χ0v) is 19.5. The summed E-state index contributed by atoms with van der Waals surface area (Å²) < 4.78 is 27.2. The van der Waals surface area contributed by atoms with Gasteiger partial charge in [0, 0.05) is 13.1 Å². The molecular weight excluding hydrogens is 382 g/mol. The van der Waals surface area contributed by atoms with Crippen molar-refractivity contribution in [3.63, 3.8) is 0 Å². The molecule has 1 saturated carbocycles. The van der Waals surface area contributed by atoms with Gasteiger partial charge < -0.3 is 4.90 Å². The molecule has 3 unspecified atom stereocenters. The molecule has 3 rings (SSSR count). The SMILES string of the molecule is CCCCC(C)CC(CC)C1CCN(c2ccc(NS(=O)(=O)C3CC3)c(C)n2)C1. The van der Waals surface area contributed by atoms with Gasteiger partial charge in [-0.05, 0) is 62.5 Å². The van der Waals surface area contributed by atoms with E-state index in [1.165, 1.54) is 38.5 Å². The molecule has 1 aliphatic carbocycles. The van der Waals surface area contributed by atoms with E-state index in [0.29, 0.717) is 5.69 Å². The third-order valence-electron chi connectivity index (χ3n) is 6.78. The predicted molar refractivity (Wildman–Crippen MR) is 122 cm³/mol. The first-order valence-electron chi connectivity index (χ1n) is 11.6. The van der Waals surface area contributed by atoms with Crippen molar-refractivity contribution in [3.05, 3.63) is 17.8 Å². The molecule has 1 aliphatic heterocycles. The van der Waals surface area contributed by atoms with Crippen LogP contribution in [-0.2, 0) is 10.0 Å². The Morgan fingerprint density at radius 1 is 1.24 bits per heavy atom. The van der Waals surface area contributed by atoms with Crippen molar-refractivity contribution >= 4 is 21.5 Å². The van der Waals surface area contributed by atoms with Crippen molar-refractivity contribution in [2.75, 3.05) is 22.7 Å². The van der Waals surface area contributed by atoms with E-state index in [9.17, 15) is 8.42 Å². The standard InChI is InChI=1S/C23H39N3O2S/c1-5-7-8-17(3)15-19(6-2)20-13-14-26(16-20)23-12-11-22(18(4)24-23)25-29(27,28)21-9-10-21/h11-12,17,19-21,25H,5-10,13-16H2,1-4H3. The molecule has 0 aromatic carbocycles. The molecule has 0 radical (unpaired) electrons. The quantitative estimate of drug-likeness (QED) is 0.522. The van der Waals surface area contributed by atoms with Crippen LogP contribution in [0.5, 0.6) is 0 Å². The molecule has 164 valence electrons. The van der Waals surface area contributed by atoms with E-state index in [4.69, 9.17) is 4.98 Å². The highest BCUT2D eigenvalue weighted by atomic mass is 32.2. The fourth-order valence-corrected chi connectivity index (χ4v) is 6.15. The molecule has 1 aromatic rings. The van der Waals surface area contributed by atoms with Crippen LogP contribution >= 0.6 is 0 Å². The molecule has 0 spiro atoms. The predicted octanol–water partition coefficient (Wildman–Crippen LogP) is 5.36. The van der Waals surface area contributed by atoms with Crippen molar-refractivity contribution in [2.45, 2.75) is 84.3 Å². The summed E-state index contributed by atoms with van der Waals surface area (Å²) in [7, 11) is -3.24. The minimum Gasteiger partial charge on any atom is -0.356 e. The van der Waals surface area contributed by atoms with Crippen molar-refractivity contribution in [1.82, 2.24) is 4.98 Å². The third kappa shape index (κ3) is 5.87. The number of hydrogen-bond donors (Lipinski definition) is 1. The molecule has 2 heterocycles. The average Bonchev–Trinajstić information content (AvgIpc) is 3.45. The van der Waals surface area contributed by atoms with Crippen LogP contribution in [-0.4, -0.2) is 31.7 Å². The molecule has 1 aromatic heterocycles. The van der Waals surface area contributed by atoms with E-state index in [-0.39, 0.29) is 5.25 Å². The van der Waals surface area contributed by atoms with Gasteiger partial charge in [0.15, 0.2) is 0 Å². The Balaban J connectivity index is 1.59. The fourth-order valence-electron chi connectivity index (χ4n) is 4.71. The van der Waals surface area contributed by atoms with E-state index < -0.39 is 10.0 Å². The summed E-state index contributed by atoms with van der Waals surface area (Å²) in [5.74, 6) is 3.32. The molecule has 2 fully saturated rings. The molecule has 0 amide bonds. The molecular formula is C23H39N3O2S. The number of pyridine rings is 1. The average molecular weight is 422 g/mol. The summed E-state index contributed by atoms with van der Waals surface area (Å²) in [4.78, 5) is 7.12. The summed E-state index contributed by atoms with van der Waals surface area (Å²) in [5, 5.41) is -0.216. The number of sulfonamides is 1. The Morgan fingerprint density at radius 2 is 2.00 bits per heavy atom. The zero-order valence-electron chi connectivity index (χ0n) is 18.7. The van der Waals surface area contributed by atoms with Gasteiger partial charge in [0.1, 0.15) is 5.82 Å². The van der Waals surface area contributed by atoms with Gasteiger partial charge in [-0.2, -0.15) is 0 Å². The van der Waals surface area contributed by atoms with E-state index in [1.54, 1.807) is 0 Å². The van der Waals surface area contributed by atoms with Crippen LogP contribution in [0.15, 0.2) is 12.1 Å². The van der Waals surface area contributed by atoms with Crippen LogP contribution in [0.4, 0.5) is 11.5 Å². The van der Waals surface area contributed by atoms with E-state index in [0.717, 1.165) is 55.2 Å². The van der Waals surface area contributed by atoms with E-state index in [2.05, 4.69) is 30.4 Å². The molecule has 1 saturated heterocycles. The Bertz CT molecular complexity index is 776. The molecule has 2 aliphatic rings. The Morgan fingerprint density at radius 3 is 2.62 bits per heavy atom. The lowest BCUT2D eigenvalue weighted by Crippen LogP contribution is -2.25. The highest BCUT2D eigenvalue weighted by molar-refractivity contribution is 7.93. The molecule has 5 nitrogen and oxygen atoms in total. The van der Waals surface area contributed by atoms with Crippen molar-refractivity contribution < 1.29 is 8.42 Å². The van der Waals surface area contributed by atoms with Crippen LogP contribution in [0.1, 0.15) is 77.8 Å². The van der Waals surface area contributed by atoms with Gasteiger partial charge in [0.05, 0.1) is 16.6 Å². The lowest BCUT2D eigenvalue weighted by Gasteiger charge is -2.26. The second kappa shape index (κ2) is 9.67. The number of unbranched alkanes of at least 4 members (excludes halogenated alkanes) is 1. The normalized spacial score (nSPS) is 21.9. The van der Waals surface area contributed by atoms with Gasteiger partial charge in [0.2, 0.25) is 10.0 Å². The van der Waals surface area contributed by atoms with Gasteiger partial charge in [-0.1, -0.05) is 46.5 Å². The number of hydrogen-bond acceptors (Lipinski definition) is 4. The summed E-state index contributed by atoms with van der Waals surface area (Å²) in [6, 6.07) is 3.86. The Labute approximate surface area is 177 Å². The van der Waals surface area contributed by atoms with Crippen LogP contribution in [0.3, 0.4) is 0 Å². The first-order chi connectivity index (χ1) is 13.8. The maximum Gasteiger partial charge on any atom is 0.235 e. The second-order valence-corrected chi connectivity index (χ2v) is 11.3. The molecule has 6 heteroatoms. The Hall–Kier alpha value is -1.30. The first-order valence-corrected chi connectivity index (χ1v) is 13.1. The van der Waals surface area contributed by atoms with E-state index >= 15 is 0 Å². The number of aryl methyl sites for hydroxylation is 1. The molecule has 0 bridgehead atoms. The number of aromatic nitrogens is 1. The Kier molecular flexibility index (Phi) is 7.47. The summed E-state index contributed by atoms with van der Waals surface area (Å²) in [6.45, 7) is 11.0. The summed E-state index contributed by atoms with van der Waals surface area (Å²) in [5.41, 5.74) is 1.38. The summed E-state index contributed by atoms with van der Waals surface area (Å²) in [6.07, 6.45) is 9.34. The van der Waals surface area contributed by atoms with Gasteiger partial charge in [-0.15, -0.1) is 0 Å². The summed E-state index contributed by atoms with van der Waals surface area (Å²) >= 11 is 0. The van der Waals surface area contributed by atoms with Crippen molar-refractivity contribution in [2.24, 2.45) is 17.8 Å². The lowest BCUT2D eigenvalue weighted by atomic mass is 9.81. The molecule has 3 atom stereocenters. The topological polar surface area (TPSA) is 62.3 Å². The zero-order chi connectivity index (χ0) is 21.0. The highest BCUT2D eigenvalue weighted by Crippen LogP contribution is 2.35. The van der Waals surface area contributed by atoms with Crippen LogP contribution in [0, 0.1) is 24.7 Å². The second-order valence-electron chi connectivity index (χ2n) is 9.30. The van der Waals surface area contributed by atoms with Gasteiger partial charge in [0.25, 0.3) is 0 Å². The van der Waals surface area contributed by atoms with E-state index in [1.807, 2.05) is 19.1 Å². The monoisotopic (exact) mass is 421 g/mol. The number of anilines is 2. The minimum atomic E-state index is -3.24. The lowest BCUT2D eigenvalue weighted by molar-refractivity contribution is 0.273. The molecule has 29 heavy (non-hydrogen) atoms. The number of rotatable bonds is 11. The van der Waals surface area contributed by atoms with Crippen LogP contribution < -0.4 is 9.62 Å². The largest absolute Gasteiger partial charge is 0.356 e. The maximum absolute atomic E-state index is 12.2. The van der Waals surface area contributed by atoms with Crippen LogP contribution in [0.25, 0.3) is 0 Å². The maximum atomic E-state index is 12.2. The smallest absolute Gasteiger partial charge is 0.235 e. The van der Waals surface area contributed by atoms with Crippen LogP contribution in [0.2, 0.25) is 0 Å². The highest BCUT2D eigenvalue weighted by Gasteiger charge is 2.36. The third-order valence-corrected chi connectivity index (χ3v) is 8.64. The van der Waals surface area contributed by atoms with Crippen molar-refractivity contribution in [3.8, 4) is 0 Å². The first kappa shape index (κ1) is 22.4. The van der Waals surface area contributed by atoms with Gasteiger partial charge in [-0.3, -0.25) is 4.72 Å². The number of nitrogens with zero attached hydrogens (tertiary/aromatic N) is 2. The van der Waals surface area contributed by atoms with Crippen molar-refractivity contribution in [1.29, 1.82) is 0 Å². The van der Waals surface area contributed by atoms with Gasteiger partial charge >= 0.3 is 0 Å². The minimum absolute atomic E-state index is 0.216. The number of nitrogens with one attached hydrogen (secondary N) is 1.